The Morgan fingerprint density at radius 3 is 3.05 bits per heavy atom. The molecule has 1 aliphatic rings. The molecular formula is C14H23N3OS. The average molecular weight is 281 g/mol. The minimum Gasteiger partial charge on any atom is -0.354 e. The van der Waals surface area contributed by atoms with Gasteiger partial charge in [-0.25, -0.2) is 0 Å². The van der Waals surface area contributed by atoms with E-state index in [9.17, 15) is 4.79 Å². The minimum atomic E-state index is 0.0987. The maximum Gasteiger partial charge on any atom is 0.221 e. The highest BCUT2D eigenvalue weighted by Crippen LogP contribution is 2.25. The summed E-state index contributed by atoms with van der Waals surface area (Å²) >= 11 is 1.83. The molecule has 1 atom stereocenters. The lowest BCUT2D eigenvalue weighted by Crippen LogP contribution is -2.46. The van der Waals surface area contributed by atoms with Crippen LogP contribution in [-0.2, 0) is 17.8 Å². The molecule has 0 saturated heterocycles. The number of thiophene rings is 1. The average Bonchev–Trinajstić information content (AvgIpc) is 2.82. The van der Waals surface area contributed by atoms with Gasteiger partial charge in [0.25, 0.3) is 0 Å². The number of carbonyl (C=O) groups is 1. The fourth-order valence-electron chi connectivity index (χ4n) is 2.54. The van der Waals surface area contributed by atoms with Crippen LogP contribution in [0.3, 0.4) is 0 Å². The highest BCUT2D eigenvalue weighted by Gasteiger charge is 2.25. The molecule has 19 heavy (non-hydrogen) atoms. The summed E-state index contributed by atoms with van der Waals surface area (Å²) in [6, 6.07) is 2.52. The number of hydrogen-bond donors (Lipinski definition) is 2. The van der Waals surface area contributed by atoms with Crippen molar-refractivity contribution in [3.05, 3.63) is 21.9 Å². The van der Waals surface area contributed by atoms with E-state index in [0.29, 0.717) is 13.0 Å². The van der Waals surface area contributed by atoms with Crippen LogP contribution in [0, 0.1) is 0 Å². The van der Waals surface area contributed by atoms with E-state index in [1.165, 1.54) is 10.4 Å². The fourth-order valence-corrected chi connectivity index (χ4v) is 3.43. The van der Waals surface area contributed by atoms with Gasteiger partial charge < -0.3 is 11.1 Å². The molecule has 5 heteroatoms. The Morgan fingerprint density at radius 2 is 2.37 bits per heavy atom. The van der Waals surface area contributed by atoms with E-state index in [2.05, 4.69) is 21.7 Å². The van der Waals surface area contributed by atoms with Crippen LogP contribution >= 0.6 is 11.3 Å². The van der Waals surface area contributed by atoms with Crippen molar-refractivity contribution in [2.24, 2.45) is 5.73 Å². The van der Waals surface area contributed by atoms with Gasteiger partial charge in [-0.15, -0.1) is 11.3 Å². The summed E-state index contributed by atoms with van der Waals surface area (Å²) in [6.45, 7) is 6.42. The van der Waals surface area contributed by atoms with E-state index >= 15 is 0 Å². The number of amides is 1. The summed E-state index contributed by atoms with van der Waals surface area (Å²) in [5, 5.41) is 5.09. The Balaban J connectivity index is 1.94. The zero-order valence-electron chi connectivity index (χ0n) is 11.7. The Labute approximate surface area is 119 Å². The van der Waals surface area contributed by atoms with Crippen LogP contribution in [0.25, 0.3) is 0 Å². The second-order valence-electron chi connectivity index (χ2n) is 5.41. The first-order chi connectivity index (χ1) is 9.10. The van der Waals surface area contributed by atoms with E-state index < -0.39 is 0 Å². The van der Waals surface area contributed by atoms with Crippen molar-refractivity contribution in [2.75, 3.05) is 13.1 Å². The van der Waals surface area contributed by atoms with Gasteiger partial charge in [0.15, 0.2) is 0 Å². The van der Waals surface area contributed by atoms with E-state index in [1.807, 2.05) is 25.2 Å². The molecular weight excluding hydrogens is 258 g/mol. The number of carbonyl (C=O) groups excluding carboxylic acids is 1. The first-order valence-corrected chi connectivity index (χ1v) is 7.77. The van der Waals surface area contributed by atoms with Crippen molar-refractivity contribution >= 4 is 17.2 Å². The lowest BCUT2D eigenvalue weighted by molar-refractivity contribution is -0.122. The molecule has 0 radical (unpaired) electrons. The maximum absolute atomic E-state index is 11.9. The van der Waals surface area contributed by atoms with Crippen LogP contribution < -0.4 is 11.1 Å². The molecule has 1 aromatic rings. The number of nitrogens with two attached hydrogens (primary N) is 1. The van der Waals surface area contributed by atoms with Gasteiger partial charge in [0, 0.05) is 43.0 Å². The van der Waals surface area contributed by atoms with Gasteiger partial charge >= 0.3 is 0 Å². The minimum absolute atomic E-state index is 0.0987. The molecule has 3 N–H and O–H groups in total. The normalized spacial score (nSPS) is 17.3. The second-order valence-corrected chi connectivity index (χ2v) is 6.41. The molecule has 0 aromatic carbocycles. The summed E-state index contributed by atoms with van der Waals surface area (Å²) in [6.07, 6.45) is 1.57. The van der Waals surface area contributed by atoms with Gasteiger partial charge in [-0.1, -0.05) is 0 Å². The van der Waals surface area contributed by atoms with Crippen LogP contribution in [0.2, 0.25) is 0 Å². The zero-order chi connectivity index (χ0) is 13.8. The molecule has 1 aliphatic heterocycles. The van der Waals surface area contributed by atoms with Crippen LogP contribution in [0.15, 0.2) is 11.4 Å². The quantitative estimate of drug-likeness (QED) is 0.856. The van der Waals surface area contributed by atoms with Crippen molar-refractivity contribution in [1.82, 2.24) is 10.2 Å². The predicted octanol–water partition coefficient (Wildman–Crippen LogP) is 1.35. The molecule has 0 saturated carbocycles. The monoisotopic (exact) mass is 281 g/mol. The van der Waals surface area contributed by atoms with Crippen LogP contribution in [-0.4, -0.2) is 36.0 Å². The third-order valence-corrected chi connectivity index (χ3v) is 4.52. The Hall–Kier alpha value is -0.910. The number of rotatable bonds is 5. The number of nitrogens with one attached hydrogen (secondary N) is 1. The molecule has 0 bridgehead atoms. The van der Waals surface area contributed by atoms with Crippen molar-refractivity contribution in [1.29, 1.82) is 0 Å². The van der Waals surface area contributed by atoms with Crippen molar-refractivity contribution < 1.29 is 4.79 Å². The third kappa shape index (κ3) is 3.78. The van der Waals surface area contributed by atoms with Crippen molar-refractivity contribution in [2.45, 2.75) is 45.3 Å². The van der Waals surface area contributed by atoms with Gasteiger partial charge in [-0.05, 0) is 37.3 Å². The zero-order valence-corrected chi connectivity index (χ0v) is 12.5. The van der Waals surface area contributed by atoms with E-state index in [4.69, 9.17) is 5.73 Å². The highest BCUT2D eigenvalue weighted by atomic mass is 32.1. The van der Waals surface area contributed by atoms with Gasteiger partial charge in [0.2, 0.25) is 5.91 Å². The van der Waals surface area contributed by atoms with Gasteiger partial charge in [-0.3, -0.25) is 9.69 Å². The van der Waals surface area contributed by atoms with Crippen LogP contribution in [0.5, 0.6) is 0 Å². The van der Waals surface area contributed by atoms with Crippen LogP contribution in [0.4, 0.5) is 0 Å². The molecule has 106 valence electrons. The molecule has 2 rings (SSSR count). The highest BCUT2D eigenvalue weighted by molar-refractivity contribution is 7.10. The molecule has 0 spiro atoms. The maximum atomic E-state index is 11.9. The number of nitrogens with zero attached hydrogens (tertiary/aromatic N) is 1. The van der Waals surface area contributed by atoms with E-state index in [0.717, 1.165) is 19.5 Å². The summed E-state index contributed by atoms with van der Waals surface area (Å²) < 4.78 is 0. The lowest BCUT2D eigenvalue weighted by atomic mass is 10.0. The smallest absolute Gasteiger partial charge is 0.221 e. The third-order valence-electron chi connectivity index (χ3n) is 3.50. The topological polar surface area (TPSA) is 58.4 Å². The molecule has 4 nitrogen and oxygen atoms in total. The second kappa shape index (κ2) is 6.50. The molecule has 1 aromatic heterocycles. The Morgan fingerprint density at radius 1 is 1.58 bits per heavy atom. The summed E-state index contributed by atoms with van der Waals surface area (Å²) in [7, 11) is 0. The molecule has 0 aliphatic carbocycles. The lowest BCUT2D eigenvalue weighted by Gasteiger charge is -2.33. The largest absolute Gasteiger partial charge is 0.354 e. The van der Waals surface area contributed by atoms with E-state index in [-0.39, 0.29) is 18.0 Å². The standard InChI is InChI=1S/C14H23N3OS/c1-10(2)16-14(18)7-12(8-15)17-5-3-13-11(9-17)4-6-19-13/h4,6,10,12H,3,5,7-9,15H2,1-2H3,(H,16,18). The van der Waals surface area contributed by atoms with Crippen LogP contribution in [0.1, 0.15) is 30.7 Å². The summed E-state index contributed by atoms with van der Waals surface area (Å²) in [5.74, 6) is 0.0987. The predicted molar refractivity (Wildman–Crippen MR) is 79.2 cm³/mol. The molecule has 2 heterocycles. The van der Waals surface area contributed by atoms with Crippen molar-refractivity contribution in [3.63, 3.8) is 0 Å². The molecule has 1 amide bonds. The van der Waals surface area contributed by atoms with Gasteiger partial charge in [0.1, 0.15) is 0 Å². The van der Waals surface area contributed by atoms with Gasteiger partial charge in [-0.2, -0.15) is 0 Å². The Bertz CT molecular complexity index is 430. The first-order valence-electron chi connectivity index (χ1n) is 6.89. The number of fused-ring (bicyclic) bond motifs is 1. The summed E-state index contributed by atoms with van der Waals surface area (Å²) in [4.78, 5) is 15.7. The Kier molecular flexibility index (Phi) is 4.96. The first kappa shape index (κ1) is 14.5. The molecule has 0 fully saturated rings. The fraction of sp³-hybridized carbons (Fsp3) is 0.643. The van der Waals surface area contributed by atoms with E-state index in [1.54, 1.807) is 0 Å². The van der Waals surface area contributed by atoms with Gasteiger partial charge in [0.05, 0.1) is 0 Å². The molecule has 1 unspecified atom stereocenters. The SMILES string of the molecule is CC(C)NC(=O)CC(CN)N1CCc2sccc2C1. The number of hydrogen-bond acceptors (Lipinski definition) is 4. The summed E-state index contributed by atoms with van der Waals surface area (Å²) in [5.41, 5.74) is 7.26. The van der Waals surface area contributed by atoms with Crippen molar-refractivity contribution in [3.8, 4) is 0 Å².